The zero-order valence-electron chi connectivity index (χ0n) is 15.3. The van der Waals surface area contributed by atoms with Crippen LogP contribution in [0.5, 0.6) is 0 Å². The molecule has 2 heterocycles. The molecule has 1 fully saturated rings. The van der Waals surface area contributed by atoms with E-state index in [1.807, 2.05) is 11.0 Å². The molecule has 1 aromatic carbocycles. The minimum Gasteiger partial charge on any atom is -0.477 e. The van der Waals surface area contributed by atoms with Crippen molar-refractivity contribution in [1.29, 1.82) is 5.26 Å². The van der Waals surface area contributed by atoms with Gasteiger partial charge in [-0.05, 0) is 37.0 Å². The van der Waals surface area contributed by atoms with Crippen LogP contribution in [0.15, 0.2) is 23.2 Å². The van der Waals surface area contributed by atoms with E-state index in [9.17, 15) is 24.7 Å². The largest absolute Gasteiger partial charge is 0.477 e. The first-order valence-electron chi connectivity index (χ1n) is 9.25. The van der Waals surface area contributed by atoms with E-state index in [1.54, 1.807) is 6.07 Å². The van der Waals surface area contributed by atoms with Gasteiger partial charge in [-0.2, -0.15) is 5.26 Å². The number of halogens is 1. The van der Waals surface area contributed by atoms with Crippen molar-refractivity contribution in [1.82, 2.24) is 5.32 Å². The number of anilines is 1. The average Bonchev–Trinajstić information content (AvgIpc) is 3.26. The Balaban J connectivity index is 1.47. The number of benzene rings is 1. The molecule has 1 aromatic rings. The minimum atomic E-state index is -1.63. The summed E-state index contributed by atoms with van der Waals surface area (Å²) in [5, 5.41) is 31.7. The van der Waals surface area contributed by atoms with Crippen LogP contribution in [-0.4, -0.2) is 67.0 Å². The Labute approximate surface area is 162 Å². The van der Waals surface area contributed by atoms with E-state index in [0.717, 1.165) is 12.8 Å². The Morgan fingerprint density at radius 1 is 1.43 bits per heavy atom. The molecule has 0 spiro atoms. The molecule has 2 aliphatic rings. The first-order valence-corrected chi connectivity index (χ1v) is 9.25. The lowest BCUT2D eigenvalue weighted by molar-refractivity contribution is -0.133. The molecular weight excluding hydrogens is 367 g/mol. The number of hydrogen-bond acceptors (Lipinski definition) is 7. The van der Waals surface area contributed by atoms with E-state index in [2.05, 4.69) is 10.3 Å². The number of rotatable bonds is 6. The van der Waals surface area contributed by atoms with Crippen LogP contribution in [-0.2, 0) is 9.53 Å². The average molecular weight is 390 g/mol. The molecule has 3 N–H and O–H groups in total. The molecule has 2 atom stereocenters. The summed E-state index contributed by atoms with van der Waals surface area (Å²) in [5.74, 6) is -0.912. The molecule has 2 aliphatic heterocycles. The topological polar surface area (TPSA) is 118 Å². The monoisotopic (exact) mass is 390 g/mol. The van der Waals surface area contributed by atoms with Gasteiger partial charge in [0.2, 0.25) is 5.90 Å². The lowest BCUT2D eigenvalue weighted by Crippen LogP contribution is -2.47. The number of amides is 1. The van der Waals surface area contributed by atoms with Gasteiger partial charge in [0.05, 0.1) is 17.8 Å². The third kappa shape index (κ3) is 4.58. The smallest absolute Gasteiger partial charge is 0.252 e. The van der Waals surface area contributed by atoms with Crippen molar-refractivity contribution in [2.24, 2.45) is 10.9 Å². The van der Waals surface area contributed by atoms with Gasteiger partial charge < -0.3 is 25.2 Å². The summed E-state index contributed by atoms with van der Waals surface area (Å²) >= 11 is 0. The second kappa shape index (κ2) is 8.99. The molecule has 8 nitrogen and oxygen atoms in total. The molecular formula is C19H23FN4O4. The highest BCUT2D eigenvalue weighted by atomic mass is 19.1. The number of aliphatic hydroxyl groups is 2. The third-order valence-electron chi connectivity index (χ3n) is 5.03. The Kier molecular flexibility index (Phi) is 6.44. The Bertz CT molecular complexity index is 787. The van der Waals surface area contributed by atoms with Crippen molar-refractivity contribution < 1.29 is 24.1 Å². The quantitative estimate of drug-likeness (QED) is 0.638. The van der Waals surface area contributed by atoms with Crippen LogP contribution in [0.1, 0.15) is 18.4 Å². The molecule has 0 bridgehead atoms. The third-order valence-corrected chi connectivity index (χ3v) is 5.03. The highest BCUT2D eigenvalue weighted by Gasteiger charge is 2.32. The number of nitriles is 1. The molecule has 0 aliphatic carbocycles. The van der Waals surface area contributed by atoms with Gasteiger partial charge in [0.25, 0.3) is 5.91 Å². The van der Waals surface area contributed by atoms with Crippen LogP contribution in [0.25, 0.3) is 0 Å². The lowest BCUT2D eigenvalue weighted by atomic mass is 9.95. The van der Waals surface area contributed by atoms with Crippen molar-refractivity contribution in [3.8, 4) is 6.07 Å². The number of ether oxygens (including phenoxy) is 1. The SMILES string of the molecule is N#Cc1cc(F)ccc1N1CCC(CNC(=O)[C@H](O)[C@@H](O)C2=NCCO2)CC1. The summed E-state index contributed by atoms with van der Waals surface area (Å²) in [6.45, 7) is 2.47. The molecule has 0 radical (unpaired) electrons. The van der Waals surface area contributed by atoms with Gasteiger partial charge in [-0.15, -0.1) is 0 Å². The summed E-state index contributed by atoms with van der Waals surface area (Å²) in [5.41, 5.74) is 1.02. The highest BCUT2D eigenvalue weighted by molar-refractivity contribution is 5.91. The maximum Gasteiger partial charge on any atom is 0.252 e. The van der Waals surface area contributed by atoms with E-state index in [-0.39, 0.29) is 11.8 Å². The fourth-order valence-electron chi connectivity index (χ4n) is 3.41. The second-order valence-electron chi connectivity index (χ2n) is 6.91. The number of carbonyl (C=O) groups is 1. The standard InChI is InChI=1S/C19H23FN4O4/c20-14-1-2-15(13(9-14)10-21)24-6-3-12(4-7-24)11-23-18(27)16(25)17(26)19-22-5-8-28-19/h1-2,9,12,16-17,25-26H,3-8,11H2,(H,23,27)/t16-,17-/m1/s1. The van der Waals surface area contributed by atoms with Gasteiger partial charge in [0.1, 0.15) is 18.5 Å². The van der Waals surface area contributed by atoms with Gasteiger partial charge in [-0.3, -0.25) is 4.79 Å². The van der Waals surface area contributed by atoms with E-state index < -0.39 is 23.9 Å². The van der Waals surface area contributed by atoms with Gasteiger partial charge in [-0.1, -0.05) is 0 Å². The van der Waals surface area contributed by atoms with Gasteiger partial charge in [-0.25, -0.2) is 9.38 Å². The molecule has 3 rings (SSSR count). The predicted octanol–water partition coefficient (Wildman–Crippen LogP) is 0.180. The van der Waals surface area contributed by atoms with Crippen molar-refractivity contribution in [3.05, 3.63) is 29.6 Å². The Hall–Kier alpha value is -2.70. The molecule has 1 saturated heterocycles. The molecule has 0 aromatic heterocycles. The second-order valence-corrected chi connectivity index (χ2v) is 6.91. The fourth-order valence-corrected chi connectivity index (χ4v) is 3.41. The number of nitrogens with one attached hydrogen (secondary N) is 1. The van der Waals surface area contributed by atoms with Gasteiger partial charge in [0, 0.05) is 19.6 Å². The van der Waals surface area contributed by atoms with Crippen LogP contribution in [0, 0.1) is 23.1 Å². The number of nitrogens with zero attached hydrogens (tertiary/aromatic N) is 3. The number of piperidine rings is 1. The summed E-state index contributed by atoms with van der Waals surface area (Å²) in [6.07, 6.45) is -1.55. The highest BCUT2D eigenvalue weighted by Crippen LogP contribution is 2.26. The summed E-state index contributed by atoms with van der Waals surface area (Å²) in [6, 6.07) is 6.20. The summed E-state index contributed by atoms with van der Waals surface area (Å²) < 4.78 is 18.4. The van der Waals surface area contributed by atoms with Crippen LogP contribution >= 0.6 is 0 Å². The molecule has 1 amide bonds. The summed E-state index contributed by atoms with van der Waals surface area (Å²) in [4.78, 5) is 18.0. The summed E-state index contributed by atoms with van der Waals surface area (Å²) in [7, 11) is 0. The first-order chi connectivity index (χ1) is 13.5. The number of aliphatic imine (C=N–C) groups is 1. The molecule has 28 heavy (non-hydrogen) atoms. The Morgan fingerprint density at radius 2 is 2.18 bits per heavy atom. The normalized spacial score (nSPS) is 19.4. The predicted molar refractivity (Wildman–Crippen MR) is 99.3 cm³/mol. The van der Waals surface area contributed by atoms with Crippen molar-refractivity contribution in [2.75, 3.05) is 37.7 Å². The van der Waals surface area contributed by atoms with Crippen LogP contribution in [0.3, 0.4) is 0 Å². The maximum atomic E-state index is 13.3. The first kappa shape index (κ1) is 20.0. The molecule has 9 heteroatoms. The van der Waals surface area contributed by atoms with Crippen molar-refractivity contribution in [2.45, 2.75) is 25.0 Å². The zero-order valence-corrected chi connectivity index (χ0v) is 15.3. The van der Waals surface area contributed by atoms with Gasteiger partial charge in [0.15, 0.2) is 12.2 Å². The van der Waals surface area contributed by atoms with E-state index in [1.165, 1.54) is 12.1 Å². The fraction of sp³-hybridized carbons (Fsp3) is 0.526. The van der Waals surface area contributed by atoms with Gasteiger partial charge >= 0.3 is 0 Å². The van der Waals surface area contributed by atoms with Crippen molar-refractivity contribution in [3.63, 3.8) is 0 Å². The van der Waals surface area contributed by atoms with Crippen molar-refractivity contribution >= 4 is 17.5 Å². The number of aliphatic hydroxyl groups excluding tert-OH is 2. The van der Waals surface area contributed by atoms with E-state index in [0.29, 0.717) is 44.0 Å². The molecule has 150 valence electrons. The number of hydrogen-bond donors (Lipinski definition) is 3. The van der Waals surface area contributed by atoms with Crippen LogP contribution in [0.2, 0.25) is 0 Å². The van der Waals surface area contributed by atoms with E-state index in [4.69, 9.17) is 4.74 Å². The van der Waals surface area contributed by atoms with Crippen LogP contribution < -0.4 is 10.2 Å². The minimum absolute atomic E-state index is 0.0106. The van der Waals surface area contributed by atoms with Crippen LogP contribution in [0.4, 0.5) is 10.1 Å². The van der Waals surface area contributed by atoms with E-state index >= 15 is 0 Å². The zero-order chi connectivity index (χ0) is 20.1. The Morgan fingerprint density at radius 3 is 2.82 bits per heavy atom. The number of carbonyl (C=O) groups excluding carboxylic acids is 1. The lowest BCUT2D eigenvalue weighted by Gasteiger charge is -2.34. The molecule has 0 unspecified atom stereocenters. The maximum absolute atomic E-state index is 13.3. The molecule has 0 saturated carbocycles.